The molecule has 2 unspecified atom stereocenters. The second-order valence-corrected chi connectivity index (χ2v) is 7.89. The summed E-state index contributed by atoms with van der Waals surface area (Å²) in [6.07, 6.45) is 8.14. The Morgan fingerprint density at radius 1 is 1.15 bits per heavy atom. The van der Waals surface area contributed by atoms with Crippen molar-refractivity contribution in [3.63, 3.8) is 0 Å². The van der Waals surface area contributed by atoms with Crippen LogP contribution >= 0.6 is 0 Å². The number of carbonyl (C=O) groups is 1. The van der Waals surface area contributed by atoms with Gasteiger partial charge in [0, 0.05) is 24.7 Å². The molecule has 1 aromatic carbocycles. The van der Waals surface area contributed by atoms with Crippen molar-refractivity contribution in [2.24, 2.45) is 5.92 Å². The lowest BCUT2D eigenvalue weighted by molar-refractivity contribution is 0.0706. The summed E-state index contributed by atoms with van der Waals surface area (Å²) in [5, 5.41) is 8.59. The molecule has 1 aromatic heterocycles. The molecule has 3 aliphatic rings. The van der Waals surface area contributed by atoms with Gasteiger partial charge < -0.3 is 4.90 Å². The van der Waals surface area contributed by atoms with Crippen molar-refractivity contribution < 1.29 is 4.79 Å². The minimum absolute atomic E-state index is 0.163. The molecule has 0 spiro atoms. The fraction of sp³-hybridized carbons (Fsp3) is 0.550. The molecule has 0 bridgehead atoms. The molecule has 6 heteroatoms. The van der Waals surface area contributed by atoms with Crippen LogP contribution in [0.5, 0.6) is 0 Å². The van der Waals surface area contributed by atoms with Gasteiger partial charge in [-0.3, -0.25) is 9.69 Å². The topological polar surface area (TPSA) is 54.3 Å². The standard InChI is InChI=1S/C20H25N5O/c26-20(24-10-4-6-15-12-19(15)24)16-5-3-7-18(11-16)25-14-17(21-22-25)13-23-8-1-2-9-23/h3,5,7,11,14-15,19H,1-2,4,6,8-10,12-13H2. The number of fused-ring (bicyclic) bond motifs is 1. The van der Waals surface area contributed by atoms with Crippen molar-refractivity contribution in [2.45, 2.75) is 44.7 Å². The van der Waals surface area contributed by atoms with Crippen LogP contribution in [0.3, 0.4) is 0 Å². The molecule has 2 aliphatic heterocycles. The lowest BCUT2D eigenvalue weighted by Crippen LogP contribution is -2.37. The lowest BCUT2D eigenvalue weighted by atomic mass is 10.1. The van der Waals surface area contributed by atoms with E-state index in [2.05, 4.69) is 20.1 Å². The molecular weight excluding hydrogens is 326 g/mol. The average Bonchev–Trinajstić information content (AvgIpc) is 3.05. The maximum absolute atomic E-state index is 12.9. The highest BCUT2D eigenvalue weighted by molar-refractivity contribution is 5.95. The van der Waals surface area contributed by atoms with E-state index in [0.29, 0.717) is 6.04 Å². The quantitative estimate of drug-likeness (QED) is 0.849. The summed E-state index contributed by atoms with van der Waals surface area (Å²) in [5.74, 6) is 0.913. The van der Waals surface area contributed by atoms with E-state index in [0.717, 1.165) is 55.5 Å². The minimum atomic E-state index is 0.163. The van der Waals surface area contributed by atoms with Crippen LogP contribution < -0.4 is 0 Å². The minimum Gasteiger partial charge on any atom is -0.335 e. The highest BCUT2D eigenvalue weighted by atomic mass is 16.2. The maximum atomic E-state index is 12.9. The van der Waals surface area contributed by atoms with Gasteiger partial charge in [0.2, 0.25) is 0 Å². The molecule has 1 saturated carbocycles. The van der Waals surface area contributed by atoms with Crippen LogP contribution in [0.2, 0.25) is 0 Å². The predicted molar refractivity (Wildman–Crippen MR) is 98.0 cm³/mol. The third-order valence-electron chi connectivity index (χ3n) is 6.00. The Labute approximate surface area is 153 Å². The van der Waals surface area contributed by atoms with Crippen LogP contribution in [0.25, 0.3) is 5.69 Å². The van der Waals surface area contributed by atoms with Gasteiger partial charge in [-0.15, -0.1) is 5.10 Å². The van der Waals surface area contributed by atoms with E-state index in [-0.39, 0.29) is 5.91 Å². The van der Waals surface area contributed by atoms with Gasteiger partial charge in [0.1, 0.15) is 0 Å². The molecule has 3 fully saturated rings. The van der Waals surface area contributed by atoms with Gasteiger partial charge in [-0.1, -0.05) is 11.3 Å². The smallest absolute Gasteiger partial charge is 0.254 e. The summed E-state index contributed by atoms with van der Waals surface area (Å²) in [4.78, 5) is 17.4. The number of rotatable bonds is 4. The van der Waals surface area contributed by atoms with Crippen LogP contribution in [0.4, 0.5) is 0 Å². The van der Waals surface area contributed by atoms with Crippen molar-refractivity contribution in [2.75, 3.05) is 19.6 Å². The molecule has 1 aliphatic carbocycles. The molecule has 1 amide bonds. The summed E-state index contributed by atoms with van der Waals surface area (Å²) in [6.45, 7) is 4.05. The molecule has 2 saturated heterocycles. The molecule has 0 N–H and O–H groups in total. The van der Waals surface area contributed by atoms with E-state index >= 15 is 0 Å². The van der Waals surface area contributed by atoms with Crippen LogP contribution in [0, 0.1) is 5.92 Å². The molecule has 0 radical (unpaired) electrons. The number of piperidine rings is 1. The molecule has 5 rings (SSSR count). The molecule has 2 atom stereocenters. The van der Waals surface area contributed by atoms with Gasteiger partial charge >= 0.3 is 0 Å². The predicted octanol–water partition coefficient (Wildman–Crippen LogP) is 2.49. The molecule has 3 heterocycles. The number of likely N-dealkylation sites (tertiary alicyclic amines) is 2. The van der Waals surface area contributed by atoms with Crippen LogP contribution in [-0.4, -0.2) is 56.4 Å². The Morgan fingerprint density at radius 2 is 2.04 bits per heavy atom. The van der Waals surface area contributed by atoms with Crippen molar-refractivity contribution in [1.82, 2.24) is 24.8 Å². The Kier molecular flexibility index (Phi) is 4.00. The van der Waals surface area contributed by atoms with Crippen molar-refractivity contribution in [3.05, 3.63) is 41.7 Å². The van der Waals surface area contributed by atoms with E-state index in [1.807, 2.05) is 30.5 Å². The average molecular weight is 351 g/mol. The van der Waals surface area contributed by atoms with Crippen LogP contribution in [0.1, 0.15) is 48.2 Å². The van der Waals surface area contributed by atoms with Crippen LogP contribution in [-0.2, 0) is 6.54 Å². The van der Waals surface area contributed by atoms with Gasteiger partial charge in [-0.25, -0.2) is 4.68 Å². The summed E-state index contributed by atoms with van der Waals surface area (Å²) >= 11 is 0. The number of carbonyl (C=O) groups excluding carboxylic acids is 1. The number of hydrogen-bond acceptors (Lipinski definition) is 4. The van der Waals surface area contributed by atoms with E-state index < -0.39 is 0 Å². The summed E-state index contributed by atoms with van der Waals surface area (Å²) in [5.41, 5.74) is 2.65. The van der Waals surface area contributed by atoms with Gasteiger partial charge in [-0.05, 0) is 69.3 Å². The number of amides is 1. The molecule has 6 nitrogen and oxygen atoms in total. The van der Waals surface area contributed by atoms with Gasteiger partial charge in [-0.2, -0.15) is 0 Å². The first-order valence-corrected chi connectivity index (χ1v) is 9.83. The van der Waals surface area contributed by atoms with Crippen molar-refractivity contribution in [3.8, 4) is 5.69 Å². The summed E-state index contributed by atoms with van der Waals surface area (Å²) in [6, 6.07) is 8.28. The summed E-state index contributed by atoms with van der Waals surface area (Å²) in [7, 11) is 0. The van der Waals surface area contributed by atoms with E-state index in [4.69, 9.17) is 0 Å². The zero-order valence-corrected chi connectivity index (χ0v) is 15.0. The highest BCUT2D eigenvalue weighted by Gasteiger charge is 2.46. The number of hydrogen-bond donors (Lipinski definition) is 0. The fourth-order valence-corrected chi connectivity index (χ4v) is 4.48. The van der Waals surface area contributed by atoms with Crippen molar-refractivity contribution in [1.29, 1.82) is 0 Å². The first kappa shape index (κ1) is 16.0. The zero-order valence-electron chi connectivity index (χ0n) is 15.0. The van der Waals surface area contributed by atoms with Gasteiger partial charge in [0.05, 0.1) is 17.6 Å². The third-order valence-corrected chi connectivity index (χ3v) is 6.00. The first-order chi connectivity index (χ1) is 12.8. The molecule has 2 aromatic rings. The Bertz CT molecular complexity index is 810. The SMILES string of the molecule is O=C(c1cccc(-n2cc(CN3CCCC3)nn2)c1)N1CCCC2CC21. The summed E-state index contributed by atoms with van der Waals surface area (Å²) < 4.78 is 1.79. The molecule has 26 heavy (non-hydrogen) atoms. The third kappa shape index (κ3) is 3.03. The van der Waals surface area contributed by atoms with Crippen LogP contribution in [0.15, 0.2) is 30.5 Å². The fourth-order valence-electron chi connectivity index (χ4n) is 4.48. The van der Waals surface area contributed by atoms with E-state index in [1.165, 1.54) is 25.7 Å². The van der Waals surface area contributed by atoms with Gasteiger partial charge in [0.25, 0.3) is 5.91 Å². The molecule has 136 valence electrons. The normalized spacial score (nSPS) is 25.3. The number of benzene rings is 1. The van der Waals surface area contributed by atoms with Gasteiger partial charge in [0.15, 0.2) is 0 Å². The molecular formula is C20H25N5O. The monoisotopic (exact) mass is 351 g/mol. The Morgan fingerprint density at radius 3 is 2.92 bits per heavy atom. The maximum Gasteiger partial charge on any atom is 0.254 e. The van der Waals surface area contributed by atoms with E-state index in [1.54, 1.807) is 4.68 Å². The van der Waals surface area contributed by atoms with E-state index in [9.17, 15) is 4.79 Å². The number of aromatic nitrogens is 3. The Hall–Kier alpha value is -2.21. The lowest BCUT2D eigenvalue weighted by Gasteiger charge is -2.26. The number of nitrogens with zero attached hydrogens (tertiary/aromatic N) is 5. The zero-order chi connectivity index (χ0) is 17.5. The second kappa shape index (κ2) is 6.50. The first-order valence-electron chi connectivity index (χ1n) is 9.83. The Balaban J connectivity index is 1.33. The van der Waals surface area contributed by atoms with Crippen molar-refractivity contribution >= 4 is 5.91 Å². The largest absolute Gasteiger partial charge is 0.335 e. The highest BCUT2D eigenvalue weighted by Crippen LogP contribution is 2.43. The second-order valence-electron chi connectivity index (χ2n) is 7.89.